The van der Waals surface area contributed by atoms with Crippen LogP contribution in [0.25, 0.3) is 0 Å². The van der Waals surface area contributed by atoms with Gasteiger partial charge >= 0.3 is 0 Å². The number of ether oxygens (including phenoxy) is 2. The number of nitrogens with one attached hydrogen (secondary N) is 3. The van der Waals surface area contributed by atoms with Gasteiger partial charge in [-0.3, -0.25) is 68.3 Å². The Morgan fingerprint density at radius 1 is 0.604 bits per heavy atom. The Labute approximate surface area is 575 Å². The summed E-state index contributed by atoms with van der Waals surface area (Å²) in [5, 5.41) is 20.8. The number of carbonyl (C=O) groups excluding carboxylic acids is 11. The highest BCUT2D eigenvalue weighted by molar-refractivity contribution is 5.95. The van der Waals surface area contributed by atoms with Crippen molar-refractivity contribution in [3.05, 3.63) is 0 Å². The van der Waals surface area contributed by atoms with E-state index < -0.39 is 130 Å². The van der Waals surface area contributed by atoms with Crippen LogP contribution in [0, 0.1) is 41.4 Å². The zero-order valence-electron chi connectivity index (χ0n) is 63.1. The Hall–Kier alpha value is -5.51. The highest BCUT2D eigenvalue weighted by atomic mass is 16.7. The van der Waals surface area contributed by atoms with Gasteiger partial charge in [-0.1, -0.05) is 103 Å². The Morgan fingerprint density at radius 3 is 1.61 bits per heavy atom. The van der Waals surface area contributed by atoms with Crippen molar-refractivity contribution in [2.24, 2.45) is 47.2 Å². The molecule has 0 bridgehead atoms. The Kier molecular flexibility index (Phi) is 34.4. The first kappa shape index (κ1) is 86.6. The smallest absolute Gasteiger partial charge is 0.246 e. The van der Waals surface area contributed by atoms with Gasteiger partial charge in [0, 0.05) is 74.6 Å². The second kappa shape index (κ2) is 38.2. The predicted molar refractivity (Wildman–Crippen MR) is 370 cm³/mol. The molecule has 2 rings (SSSR count). The van der Waals surface area contributed by atoms with Gasteiger partial charge in [0.2, 0.25) is 47.3 Å². The molecule has 6 N–H and O–H groups in total. The number of nitrogens with two attached hydrogens (primary N) is 1. The van der Waals surface area contributed by atoms with Crippen LogP contribution in [-0.2, 0) is 62.2 Å². The van der Waals surface area contributed by atoms with Crippen LogP contribution >= 0.6 is 0 Å². The molecular formula is C70H128N12O14. The van der Waals surface area contributed by atoms with Crippen LogP contribution in [0.2, 0.25) is 0 Å². The summed E-state index contributed by atoms with van der Waals surface area (Å²) in [6.45, 7) is 33.5. The summed E-state index contributed by atoms with van der Waals surface area (Å²) in [6, 6.07) is -8.42. The molecular weight excluding hydrogens is 1230 g/mol. The third-order valence-corrected chi connectivity index (χ3v) is 19.7. The molecule has 2 aliphatic heterocycles. The van der Waals surface area contributed by atoms with Crippen molar-refractivity contribution in [2.45, 2.75) is 260 Å². The van der Waals surface area contributed by atoms with Gasteiger partial charge in [-0.15, -0.1) is 0 Å². The van der Waals surface area contributed by atoms with E-state index in [2.05, 4.69) is 20.9 Å². The van der Waals surface area contributed by atoms with Crippen LogP contribution in [0.5, 0.6) is 0 Å². The number of likely N-dealkylation sites (tertiary alicyclic amines) is 1. The molecule has 0 aromatic rings. The lowest BCUT2D eigenvalue weighted by molar-refractivity contribution is -0.185. The molecule has 2 aliphatic rings. The number of amides is 8. The normalized spacial score (nSPS) is 19.1. The van der Waals surface area contributed by atoms with Gasteiger partial charge in [-0.25, -0.2) is 0 Å². The quantitative estimate of drug-likeness (QED) is 0.0425. The molecule has 0 aromatic carbocycles. The highest BCUT2D eigenvalue weighted by Gasteiger charge is 2.51. The number of piperidine rings is 1. The summed E-state index contributed by atoms with van der Waals surface area (Å²) >= 11 is 0. The number of aliphatic hydroxyl groups is 1. The number of hydrogen-bond acceptors (Lipinski definition) is 18. The van der Waals surface area contributed by atoms with Gasteiger partial charge in [0.15, 0.2) is 36.0 Å². The fourth-order valence-corrected chi connectivity index (χ4v) is 13.5. The third-order valence-electron chi connectivity index (χ3n) is 19.7. The third kappa shape index (κ3) is 22.5. The summed E-state index contributed by atoms with van der Waals surface area (Å²) in [4.78, 5) is 168. The fourth-order valence-electron chi connectivity index (χ4n) is 13.5. The zero-order chi connectivity index (χ0) is 73.9. The van der Waals surface area contributed by atoms with Crippen LogP contribution < -0.4 is 21.7 Å². The zero-order valence-corrected chi connectivity index (χ0v) is 63.1. The topological polar surface area (TPSA) is 314 Å². The summed E-state index contributed by atoms with van der Waals surface area (Å²) in [7, 11) is 10.3. The molecule has 12 unspecified atom stereocenters. The van der Waals surface area contributed by atoms with Crippen molar-refractivity contribution in [3.8, 4) is 0 Å². The number of primary amides is 1. The van der Waals surface area contributed by atoms with Crippen molar-refractivity contribution < 1.29 is 67.3 Å². The van der Waals surface area contributed by atoms with Gasteiger partial charge < -0.3 is 59.9 Å². The van der Waals surface area contributed by atoms with E-state index >= 15 is 14.4 Å². The molecule has 1 spiro atoms. The predicted octanol–water partition coefficient (Wildman–Crippen LogP) is 4.08. The lowest BCUT2D eigenvalue weighted by Crippen LogP contribution is -2.71. The SMILES string of the molecule is CCCCC(=O)N(C)C(C)C(=O)N(C)C(C=O)(CC(C)C)NC(C(=O)N(C)C(CC(C)C)C(=O)NC(C)(C=O)NC(C)C(=O)N(C)C(C=O)(CC(C)C)N(C)C(CCC(C)C)C(=O)N(C)C(C(=O)N(C)C(C(N)=O)C(O)C(C)CCN1CCC2(CC1)OCCO2)C(C)C)C(C)C. The van der Waals surface area contributed by atoms with Crippen molar-refractivity contribution in [1.82, 2.24) is 55.1 Å². The first-order valence-corrected chi connectivity index (χ1v) is 35.0. The average molecular weight is 1360 g/mol. The monoisotopic (exact) mass is 1360 g/mol. The summed E-state index contributed by atoms with van der Waals surface area (Å²) in [5.74, 6) is -7.58. The molecule has 96 heavy (non-hydrogen) atoms. The average Bonchev–Trinajstić information content (AvgIpc) is 1.07. The maximum atomic E-state index is 15.4. The minimum absolute atomic E-state index is 0.0178. The van der Waals surface area contributed by atoms with Gasteiger partial charge in [0.1, 0.15) is 29.8 Å². The number of rotatable bonds is 42. The van der Waals surface area contributed by atoms with E-state index in [1.165, 1.54) is 73.6 Å². The molecule has 0 radical (unpaired) electrons. The van der Waals surface area contributed by atoms with Crippen LogP contribution in [0.4, 0.5) is 0 Å². The molecule has 0 aromatic heterocycles. The first-order valence-electron chi connectivity index (χ1n) is 35.0. The number of nitrogens with zero attached hydrogens (tertiary/aromatic N) is 8. The molecule has 8 amide bonds. The second-order valence-corrected chi connectivity index (χ2v) is 30.2. The van der Waals surface area contributed by atoms with E-state index in [1.54, 1.807) is 60.5 Å². The maximum absolute atomic E-state index is 15.4. The van der Waals surface area contributed by atoms with Gasteiger partial charge in [-0.2, -0.15) is 0 Å². The van der Waals surface area contributed by atoms with E-state index in [0.717, 1.165) is 24.4 Å². The number of aliphatic hydroxyl groups excluding tert-OH is 1. The summed E-state index contributed by atoms with van der Waals surface area (Å²) in [5.41, 5.74) is 0.437. The van der Waals surface area contributed by atoms with E-state index in [1.807, 2.05) is 62.3 Å². The fraction of sp³-hybridized carbons (Fsp3) is 0.843. The molecule has 2 saturated heterocycles. The lowest BCUT2D eigenvalue weighted by Gasteiger charge is -2.49. The number of aldehydes is 3. The van der Waals surface area contributed by atoms with Crippen LogP contribution in [0.1, 0.15) is 188 Å². The number of carbonyl (C=O) groups is 11. The molecule has 0 saturated carbocycles. The first-order chi connectivity index (χ1) is 44.5. The van der Waals surface area contributed by atoms with Gasteiger partial charge in [0.05, 0.1) is 37.4 Å². The Morgan fingerprint density at radius 2 is 1.16 bits per heavy atom. The molecule has 2 heterocycles. The van der Waals surface area contributed by atoms with E-state index in [4.69, 9.17) is 15.2 Å². The number of likely N-dealkylation sites (N-methyl/N-ethyl adjacent to an activating group) is 7. The van der Waals surface area contributed by atoms with Gasteiger partial charge in [-0.05, 0) is 121 Å². The minimum Gasteiger partial charge on any atom is -0.390 e. The van der Waals surface area contributed by atoms with Crippen molar-refractivity contribution in [1.29, 1.82) is 0 Å². The lowest BCUT2D eigenvalue weighted by atomic mass is 9.90. The second-order valence-electron chi connectivity index (χ2n) is 30.2. The summed E-state index contributed by atoms with van der Waals surface area (Å²) in [6.07, 6.45) is 4.73. The highest BCUT2D eigenvalue weighted by Crippen LogP contribution is 2.34. The van der Waals surface area contributed by atoms with E-state index in [-0.39, 0.29) is 61.7 Å². The van der Waals surface area contributed by atoms with Gasteiger partial charge in [0.25, 0.3) is 0 Å². The molecule has 26 heteroatoms. The molecule has 26 nitrogen and oxygen atoms in total. The standard InChI is InChI=1S/C70H128N12O14/c1-25-26-27-55(86)75(18)52(16)63(91)80(23)68(42-84,39-46(6)7)73-56(48(10)11)65(93)76(19)54(38-45(4)5)61(89)74-67(17,41-83)72-51(15)62(90)81(24)69(43-85,40-47(8)9)79(22)53(29-28-44(2)3)64(92)77(20)57(49(12)13)66(94)78(21)58(60(71)88)59(87)50(14)30-33-82-34-31-70(32-35-82)95-36-37-96-70/h41-54,56-59,72-73,87H,25-40H2,1-24H3,(H2,71,88)(H,74,89). The van der Waals surface area contributed by atoms with E-state index in [0.29, 0.717) is 70.7 Å². The Bertz CT molecular complexity index is 2580. The van der Waals surface area contributed by atoms with Crippen molar-refractivity contribution in [3.63, 3.8) is 0 Å². The van der Waals surface area contributed by atoms with E-state index in [9.17, 15) is 43.5 Å². The van der Waals surface area contributed by atoms with Crippen LogP contribution in [0.3, 0.4) is 0 Å². The molecule has 552 valence electrons. The van der Waals surface area contributed by atoms with Crippen LogP contribution in [0.15, 0.2) is 0 Å². The Balaban J connectivity index is 2.57. The minimum atomic E-state index is -1.98. The van der Waals surface area contributed by atoms with Crippen molar-refractivity contribution in [2.75, 3.05) is 82.2 Å². The molecule has 0 aliphatic carbocycles. The van der Waals surface area contributed by atoms with Crippen molar-refractivity contribution >= 4 is 66.1 Å². The number of hydrogen-bond donors (Lipinski definition) is 5. The van der Waals surface area contributed by atoms with Crippen LogP contribution in [-0.4, -0.2) is 264 Å². The number of unbranched alkanes of at least 4 members (excludes halogenated alkanes) is 1. The largest absolute Gasteiger partial charge is 0.390 e. The maximum Gasteiger partial charge on any atom is 0.246 e. The molecule has 12 atom stereocenters. The summed E-state index contributed by atoms with van der Waals surface area (Å²) < 4.78 is 11.8. The molecule has 2 fully saturated rings.